The highest BCUT2D eigenvalue weighted by molar-refractivity contribution is 5.89. The summed E-state index contributed by atoms with van der Waals surface area (Å²) in [6.07, 6.45) is 0. The Bertz CT molecular complexity index is 1650. The third kappa shape index (κ3) is 4.48. The molecule has 2 heterocycles. The number of benzene rings is 3. The van der Waals surface area contributed by atoms with E-state index >= 15 is 0 Å². The zero-order valence-electron chi connectivity index (χ0n) is 20.0. The molecule has 0 saturated heterocycles. The van der Waals surface area contributed by atoms with E-state index in [0.29, 0.717) is 23.8 Å². The van der Waals surface area contributed by atoms with Gasteiger partial charge in [0.05, 0.1) is 42.5 Å². The van der Waals surface area contributed by atoms with E-state index in [9.17, 15) is 9.59 Å². The first kappa shape index (κ1) is 23.0. The number of carbonyl (C=O) groups excluding carboxylic acids is 1. The van der Waals surface area contributed by atoms with Gasteiger partial charge >= 0.3 is 5.97 Å². The van der Waals surface area contributed by atoms with Crippen LogP contribution in [0.15, 0.2) is 83.7 Å². The lowest BCUT2D eigenvalue weighted by molar-refractivity contribution is 0.0600. The van der Waals surface area contributed by atoms with E-state index in [2.05, 4.69) is 22.2 Å². The monoisotopic (exact) mass is 479 g/mol. The van der Waals surface area contributed by atoms with Crippen LogP contribution in [0, 0.1) is 6.92 Å². The Labute approximate surface area is 207 Å². The number of nitrogen functional groups attached to an aromatic ring is 1. The average Bonchev–Trinajstić information content (AvgIpc) is 3.21. The Balaban J connectivity index is 1.48. The lowest BCUT2D eigenvalue weighted by Gasteiger charge is -2.12. The molecule has 0 aliphatic rings. The number of para-hydroxylation sites is 2. The van der Waals surface area contributed by atoms with Gasteiger partial charge in [0.15, 0.2) is 0 Å². The molecule has 0 radical (unpaired) electrons. The highest BCUT2D eigenvalue weighted by atomic mass is 16.5. The largest absolute Gasteiger partial charge is 0.465 e. The second-order valence-corrected chi connectivity index (χ2v) is 8.60. The van der Waals surface area contributed by atoms with Crippen molar-refractivity contribution in [3.63, 3.8) is 0 Å². The summed E-state index contributed by atoms with van der Waals surface area (Å²) < 4.78 is 8.18. The molecule has 0 amide bonds. The number of fused-ring (bicyclic) bond motifs is 1. The Hall–Kier alpha value is -4.72. The molecule has 0 aliphatic heterocycles. The molecule has 0 aliphatic carbocycles. The van der Waals surface area contributed by atoms with Gasteiger partial charge in [0, 0.05) is 11.6 Å². The van der Waals surface area contributed by atoms with Crippen molar-refractivity contribution in [2.24, 2.45) is 0 Å². The van der Waals surface area contributed by atoms with E-state index in [4.69, 9.17) is 10.5 Å². The molecule has 0 saturated carbocycles. The number of aryl methyl sites for hydroxylation is 1. The molecule has 0 bridgehead atoms. The summed E-state index contributed by atoms with van der Waals surface area (Å²) in [5.41, 5.74) is 12.7. The second-order valence-electron chi connectivity index (χ2n) is 8.60. The van der Waals surface area contributed by atoms with Crippen LogP contribution in [-0.4, -0.2) is 32.4 Å². The van der Waals surface area contributed by atoms with Crippen LogP contribution in [0.25, 0.3) is 22.3 Å². The lowest BCUT2D eigenvalue weighted by Crippen LogP contribution is -2.23. The molecule has 180 valence electrons. The SMILES string of the molecule is COC(=O)c1cccc(Cn2nc(-c3cc(Cn4c(N)nc5ccccc54)ccc3C)ccc2=O)c1. The predicted molar refractivity (Wildman–Crippen MR) is 139 cm³/mol. The minimum atomic E-state index is -0.426. The van der Waals surface area contributed by atoms with Crippen LogP contribution in [0.2, 0.25) is 0 Å². The van der Waals surface area contributed by atoms with Crippen molar-refractivity contribution in [3.05, 3.63) is 111 Å². The molecular formula is C28H25N5O3. The van der Waals surface area contributed by atoms with Gasteiger partial charge in [-0.25, -0.2) is 14.5 Å². The van der Waals surface area contributed by atoms with E-state index in [1.807, 2.05) is 47.9 Å². The number of nitrogens with two attached hydrogens (primary N) is 1. The molecule has 0 spiro atoms. The number of ether oxygens (including phenoxy) is 1. The topological polar surface area (TPSA) is 105 Å². The Kier molecular flexibility index (Phi) is 6.08. The highest BCUT2D eigenvalue weighted by Crippen LogP contribution is 2.25. The molecule has 5 aromatic rings. The van der Waals surface area contributed by atoms with Gasteiger partial charge in [-0.15, -0.1) is 0 Å². The van der Waals surface area contributed by atoms with Gasteiger partial charge in [0.2, 0.25) is 5.95 Å². The van der Waals surface area contributed by atoms with Gasteiger partial charge in [-0.3, -0.25) is 4.79 Å². The van der Waals surface area contributed by atoms with Crippen molar-refractivity contribution >= 4 is 23.0 Å². The van der Waals surface area contributed by atoms with Gasteiger partial charge in [-0.2, -0.15) is 5.10 Å². The molecule has 36 heavy (non-hydrogen) atoms. The Morgan fingerprint density at radius 3 is 2.58 bits per heavy atom. The Morgan fingerprint density at radius 1 is 0.944 bits per heavy atom. The number of nitrogens with zero attached hydrogens (tertiary/aromatic N) is 4. The zero-order valence-corrected chi connectivity index (χ0v) is 20.0. The van der Waals surface area contributed by atoms with Gasteiger partial charge < -0.3 is 15.0 Å². The molecule has 2 aromatic heterocycles. The molecule has 8 heteroatoms. The predicted octanol–water partition coefficient (Wildman–Crippen LogP) is 4.03. The van der Waals surface area contributed by atoms with E-state index in [0.717, 1.165) is 33.3 Å². The first-order valence-electron chi connectivity index (χ1n) is 11.5. The molecule has 0 atom stereocenters. The third-order valence-corrected chi connectivity index (χ3v) is 6.15. The molecule has 3 aromatic carbocycles. The van der Waals surface area contributed by atoms with E-state index < -0.39 is 5.97 Å². The first-order valence-corrected chi connectivity index (χ1v) is 11.5. The van der Waals surface area contributed by atoms with Gasteiger partial charge in [0.1, 0.15) is 0 Å². The summed E-state index contributed by atoms with van der Waals surface area (Å²) in [4.78, 5) is 28.9. The number of aromatic nitrogens is 4. The fourth-order valence-electron chi connectivity index (χ4n) is 4.28. The van der Waals surface area contributed by atoms with Crippen LogP contribution >= 0.6 is 0 Å². The van der Waals surface area contributed by atoms with Crippen molar-refractivity contribution in [1.82, 2.24) is 19.3 Å². The van der Waals surface area contributed by atoms with Gasteiger partial charge in [-0.1, -0.05) is 36.4 Å². The molecular weight excluding hydrogens is 454 g/mol. The molecule has 8 nitrogen and oxygen atoms in total. The quantitative estimate of drug-likeness (QED) is 0.369. The van der Waals surface area contributed by atoms with E-state index in [-0.39, 0.29) is 12.1 Å². The summed E-state index contributed by atoms with van der Waals surface area (Å²) in [6, 6.07) is 24.2. The van der Waals surface area contributed by atoms with Crippen LogP contribution in [-0.2, 0) is 17.8 Å². The maximum absolute atomic E-state index is 12.6. The maximum Gasteiger partial charge on any atom is 0.337 e. The minimum Gasteiger partial charge on any atom is -0.465 e. The van der Waals surface area contributed by atoms with Crippen LogP contribution in [0.3, 0.4) is 0 Å². The lowest BCUT2D eigenvalue weighted by atomic mass is 10.0. The van der Waals surface area contributed by atoms with Crippen LogP contribution in [0.1, 0.15) is 27.0 Å². The number of esters is 1. The van der Waals surface area contributed by atoms with Crippen molar-refractivity contribution in [2.75, 3.05) is 12.8 Å². The van der Waals surface area contributed by atoms with E-state index in [1.165, 1.54) is 17.9 Å². The highest BCUT2D eigenvalue weighted by Gasteiger charge is 2.12. The summed E-state index contributed by atoms with van der Waals surface area (Å²) in [5.74, 6) is 0.0313. The van der Waals surface area contributed by atoms with Crippen LogP contribution in [0.4, 0.5) is 5.95 Å². The van der Waals surface area contributed by atoms with Crippen molar-refractivity contribution in [1.29, 1.82) is 0 Å². The minimum absolute atomic E-state index is 0.228. The normalized spacial score (nSPS) is 11.1. The standard InChI is InChI=1S/C28H25N5O3/c1-18-10-11-20(16-32-25-9-4-3-8-24(25)30-28(32)29)15-22(18)23-12-13-26(34)33(31-23)17-19-6-5-7-21(14-19)27(35)36-2/h3-15H,16-17H2,1-2H3,(H2,29,30). The summed E-state index contributed by atoms with van der Waals surface area (Å²) in [5, 5.41) is 4.64. The molecule has 5 rings (SSSR count). The van der Waals surface area contributed by atoms with Gasteiger partial charge in [-0.05, 0) is 60.0 Å². The fraction of sp³-hybridized carbons (Fsp3) is 0.143. The third-order valence-electron chi connectivity index (χ3n) is 6.15. The first-order chi connectivity index (χ1) is 17.4. The average molecular weight is 480 g/mol. The number of hydrogen-bond acceptors (Lipinski definition) is 6. The van der Waals surface area contributed by atoms with Crippen molar-refractivity contribution in [3.8, 4) is 11.3 Å². The van der Waals surface area contributed by atoms with Crippen molar-refractivity contribution < 1.29 is 9.53 Å². The van der Waals surface area contributed by atoms with Gasteiger partial charge in [0.25, 0.3) is 5.56 Å². The van der Waals surface area contributed by atoms with Crippen LogP contribution < -0.4 is 11.3 Å². The number of carbonyl (C=O) groups is 1. The van der Waals surface area contributed by atoms with Crippen molar-refractivity contribution in [2.45, 2.75) is 20.0 Å². The molecule has 2 N–H and O–H groups in total. The molecule has 0 unspecified atom stereocenters. The number of methoxy groups -OCH3 is 1. The Morgan fingerprint density at radius 2 is 1.75 bits per heavy atom. The smallest absolute Gasteiger partial charge is 0.337 e. The fourth-order valence-corrected chi connectivity index (χ4v) is 4.28. The number of hydrogen-bond donors (Lipinski definition) is 1. The number of anilines is 1. The zero-order chi connectivity index (χ0) is 25.2. The van der Waals surface area contributed by atoms with Crippen LogP contribution in [0.5, 0.6) is 0 Å². The molecule has 0 fully saturated rings. The number of imidazole rings is 1. The van der Waals surface area contributed by atoms with E-state index in [1.54, 1.807) is 24.3 Å². The maximum atomic E-state index is 12.6. The summed E-state index contributed by atoms with van der Waals surface area (Å²) in [6.45, 7) is 2.80. The summed E-state index contributed by atoms with van der Waals surface area (Å²) in [7, 11) is 1.34. The number of rotatable bonds is 6. The second kappa shape index (κ2) is 9.50. The summed E-state index contributed by atoms with van der Waals surface area (Å²) >= 11 is 0.